The van der Waals surface area contributed by atoms with Gasteiger partial charge < -0.3 is 10.2 Å². The third kappa shape index (κ3) is 3.76. The monoisotopic (exact) mass is 357 g/mol. The van der Waals surface area contributed by atoms with Gasteiger partial charge in [0.05, 0.1) is 0 Å². The van der Waals surface area contributed by atoms with E-state index < -0.39 is 5.91 Å². The van der Waals surface area contributed by atoms with E-state index in [1.54, 1.807) is 0 Å². The minimum absolute atomic E-state index is 0.0463. The van der Waals surface area contributed by atoms with Crippen LogP contribution in [-0.4, -0.2) is 46.5 Å². The van der Waals surface area contributed by atoms with Crippen LogP contribution in [0.1, 0.15) is 37.8 Å². The Labute approximate surface area is 152 Å². The van der Waals surface area contributed by atoms with Crippen LogP contribution in [0.3, 0.4) is 0 Å². The molecule has 7 heteroatoms. The number of anilines is 1. The molecule has 0 bridgehead atoms. The normalized spacial score (nSPS) is 16.9. The summed E-state index contributed by atoms with van der Waals surface area (Å²) >= 11 is 0. The van der Waals surface area contributed by atoms with Gasteiger partial charge in [0.2, 0.25) is 23.6 Å². The average molecular weight is 357 g/mol. The van der Waals surface area contributed by atoms with E-state index in [1.807, 2.05) is 36.9 Å². The highest BCUT2D eigenvalue weighted by Crippen LogP contribution is 2.24. The highest BCUT2D eigenvalue weighted by Gasteiger charge is 2.30. The molecule has 4 amide bonds. The molecule has 7 nitrogen and oxygen atoms in total. The van der Waals surface area contributed by atoms with Crippen molar-refractivity contribution in [2.45, 2.75) is 39.7 Å². The fourth-order valence-corrected chi connectivity index (χ4v) is 3.33. The molecule has 1 aromatic carbocycles. The van der Waals surface area contributed by atoms with Gasteiger partial charge in [-0.2, -0.15) is 0 Å². The van der Waals surface area contributed by atoms with Crippen LogP contribution in [0.2, 0.25) is 0 Å². The van der Waals surface area contributed by atoms with E-state index in [0.29, 0.717) is 18.8 Å². The molecular formula is C19H23N3O4. The quantitative estimate of drug-likeness (QED) is 0.823. The Balaban J connectivity index is 1.66. The van der Waals surface area contributed by atoms with Crippen LogP contribution < -0.4 is 5.32 Å². The van der Waals surface area contributed by atoms with Crippen LogP contribution >= 0.6 is 0 Å². The first-order valence-electron chi connectivity index (χ1n) is 8.89. The highest BCUT2D eigenvalue weighted by molar-refractivity contribution is 6.06. The zero-order valence-electron chi connectivity index (χ0n) is 15.1. The number of carbonyl (C=O) groups is 4. The lowest BCUT2D eigenvalue weighted by Gasteiger charge is -2.30. The zero-order valence-corrected chi connectivity index (χ0v) is 15.1. The van der Waals surface area contributed by atoms with Gasteiger partial charge in [-0.25, -0.2) is 0 Å². The molecule has 1 fully saturated rings. The molecule has 0 radical (unpaired) electrons. The number of imide groups is 1. The van der Waals surface area contributed by atoms with Crippen molar-refractivity contribution in [3.8, 4) is 0 Å². The molecule has 2 aliphatic rings. The predicted octanol–water partition coefficient (Wildman–Crippen LogP) is 1.31. The summed E-state index contributed by atoms with van der Waals surface area (Å²) in [5.74, 6) is -0.942. The number of hydrogen-bond donors (Lipinski definition) is 1. The lowest BCUT2D eigenvalue weighted by Crippen LogP contribution is -2.38. The van der Waals surface area contributed by atoms with Crippen LogP contribution in [0.4, 0.5) is 5.69 Å². The van der Waals surface area contributed by atoms with Gasteiger partial charge in [-0.15, -0.1) is 0 Å². The summed E-state index contributed by atoms with van der Waals surface area (Å²) in [5.41, 5.74) is 2.78. The molecule has 1 aromatic rings. The maximum Gasteiger partial charge on any atom is 0.244 e. The molecule has 0 atom stereocenters. The van der Waals surface area contributed by atoms with Crippen molar-refractivity contribution in [1.29, 1.82) is 0 Å². The van der Waals surface area contributed by atoms with E-state index in [-0.39, 0.29) is 43.0 Å². The van der Waals surface area contributed by atoms with Gasteiger partial charge in [0.1, 0.15) is 6.54 Å². The fraction of sp³-hybridized carbons (Fsp3) is 0.474. The molecule has 0 saturated carbocycles. The van der Waals surface area contributed by atoms with Crippen LogP contribution in [-0.2, 0) is 32.1 Å². The number of rotatable bonds is 4. The molecule has 2 aliphatic heterocycles. The van der Waals surface area contributed by atoms with Crippen LogP contribution in [0.25, 0.3) is 0 Å². The second-order valence-electron chi connectivity index (χ2n) is 7.07. The van der Waals surface area contributed by atoms with Gasteiger partial charge >= 0.3 is 0 Å². The first-order valence-corrected chi connectivity index (χ1v) is 8.89. The van der Waals surface area contributed by atoms with Gasteiger partial charge in [0, 0.05) is 37.5 Å². The highest BCUT2D eigenvalue weighted by atomic mass is 16.2. The Morgan fingerprint density at radius 2 is 1.77 bits per heavy atom. The Kier molecular flexibility index (Phi) is 5.06. The Morgan fingerprint density at radius 3 is 2.42 bits per heavy atom. The van der Waals surface area contributed by atoms with Crippen molar-refractivity contribution in [2.75, 3.05) is 18.4 Å². The summed E-state index contributed by atoms with van der Waals surface area (Å²) < 4.78 is 0. The number of hydrogen-bond acceptors (Lipinski definition) is 4. The second kappa shape index (κ2) is 7.27. The van der Waals surface area contributed by atoms with Crippen molar-refractivity contribution in [2.24, 2.45) is 5.92 Å². The van der Waals surface area contributed by atoms with Gasteiger partial charge in [0.15, 0.2) is 0 Å². The Hall–Kier alpha value is -2.70. The summed E-state index contributed by atoms with van der Waals surface area (Å²) in [5, 5.41) is 2.74. The number of nitrogens with zero attached hydrogens (tertiary/aromatic N) is 2. The van der Waals surface area contributed by atoms with Crippen molar-refractivity contribution in [1.82, 2.24) is 9.80 Å². The summed E-state index contributed by atoms with van der Waals surface area (Å²) in [6.07, 6.45) is 1.13. The average Bonchev–Trinajstić information content (AvgIpc) is 2.92. The smallest absolute Gasteiger partial charge is 0.244 e. The standard InChI is InChI=1S/C19H23N3O4/c1-12(2)19(26)21-8-7-13-3-4-15(9-14(13)10-21)20-16(23)11-22-17(24)5-6-18(22)25/h3-4,9,12H,5-8,10-11H2,1-2H3,(H,20,23). The number of likely N-dealkylation sites (tertiary alicyclic amines) is 1. The molecule has 0 spiro atoms. The Morgan fingerprint density at radius 1 is 1.08 bits per heavy atom. The van der Waals surface area contributed by atoms with Crippen LogP contribution in [0.15, 0.2) is 18.2 Å². The lowest BCUT2D eigenvalue weighted by atomic mass is 9.98. The van der Waals surface area contributed by atoms with E-state index in [1.165, 1.54) is 5.56 Å². The molecule has 0 unspecified atom stereocenters. The maximum absolute atomic E-state index is 12.2. The first-order chi connectivity index (χ1) is 12.3. The van der Waals surface area contributed by atoms with E-state index in [2.05, 4.69) is 5.32 Å². The minimum atomic E-state index is -0.403. The number of carbonyl (C=O) groups excluding carboxylic acids is 4. The first kappa shape index (κ1) is 18.1. The number of nitrogens with one attached hydrogen (secondary N) is 1. The molecular weight excluding hydrogens is 334 g/mol. The number of benzene rings is 1. The van der Waals surface area contributed by atoms with E-state index in [0.717, 1.165) is 16.9 Å². The summed E-state index contributed by atoms with van der Waals surface area (Å²) in [7, 11) is 0. The predicted molar refractivity (Wildman–Crippen MR) is 95.0 cm³/mol. The molecule has 26 heavy (non-hydrogen) atoms. The molecule has 3 rings (SSSR count). The number of amides is 4. The lowest BCUT2D eigenvalue weighted by molar-refractivity contribution is -0.141. The third-order valence-corrected chi connectivity index (χ3v) is 4.76. The Bertz CT molecular complexity index is 756. The summed E-state index contributed by atoms with van der Waals surface area (Å²) in [6.45, 7) is 4.74. The molecule has 138 valence electrons. The number of fused-ring (bicyclic) bond motifs is 1. The maximum atomic E-state index is 12.2. The molecule has 2 heterocycles. The zero-order chi connectivity index (χ0) is 18.8. The van der Waals surface area contributed by atoms with Gasteiger partial charge in [-0.3, -0.25) is 24.1 Å². The molecule has 0 aliphatic carbocycles. The van der Waals surface area contributed by atoms with Crippen molar-refractivity contribution in [3.05, 3.63) is 29.3 Å². The third-order valence-electron chi connectivity index (χ3n) is 4.76. The van der Waals surface area contributed by atoms with Gasteiger partial charge in [-0.1, -0.05) is 19.9 Å². The second-order valence-corrected chi connectivity index (χ2v) is 7.07. The van der Waals surface area contributed by atoms with Crippen LogP contribution in [0, 0.1) is 5.92 Å². The largest absolute Gasteiger partial charge is 0.338 e. The van der Waals surface area contributed by atoms with Crippen molar-refractivity contribution in [3.63, 3.8) is 0 Å². The SMILES string of the molecule is CC(C)C(=O)N1CCc2ccc(NC(=O)CN3C(=O)CCC3=O)cc2C1. The summed E-state index contributed by atoms with van der Waals surface area (Å²) in [4.78, 5) is 50.4. The molecule has 1 saturated heterocycles. The van der Waals surface area contributed by atoms with E-state index >= 15 is 0 Å². The molecule has 1 N–H and O–H groups in total. The van der Waals surface area contributed by atoms with Gasteiger partial charge in [-0.05, 0) is 29.7 Å². The van der Waals surface area contributed by atoms with E-state index in [9.17, 15) is 19.2 Å². The topological polar surface area (TPSA) is 86.8 Å². The van der Waals surface area contributed by atoms with E-state index in [4.69, 9.17) is 0 Å². The summed E-state index contributed by atoms with van der Waals surface area (Å²) in [6, 6.07) is 5.62. The fourth-order valence-electron chi connectivity index (χ4n) is 3.33. The van der Waals surface area contributed by atoms with Crippen molar-refractivity contribution >= 4 is 29.3 Å². The van der Waals surface area contributed by atoms with Crippen LogP contribution in [0.5, 0.6) is 0 Å². The molecule has 0 aromatic heterocycles. The minimum Gasteiger partial charge on any atom is -0.338 e. The van der Waals surface area contributed by atoms with Gasteiger partial charge in [0.25, 0.3) is 0 Å². The van der Waals surface area contributed by atoms with Crippen molar-refractivity contribution < 1.29 is 19.2 Å².